The van der Waals surface area contributed by atoms with Gasteiger partial charge in [0.1, 0.15) is 18.1 Å². The largest absolute Gasteiger partial charge is 0.489 e. The predicted molar refractivity (Wildman–Crippen MR) is 112 cm³/mol. The second-order valence-electron chi connectivity index (χ2n) is 8.54. The van der Waals surface area contributed by atoms with E-state index in [9.17, 15) is 4.79 Å². The summed E-state index contributed by atoms with van der Waals surface area (Å²) in [6, 6.07) is 3.78. The fourth-order valence-corrected chi connectivity index (χ4v) is 3.84. The Hall–Kier alpha value is -2.57. The van der Waals surface area contributed by atoms with Gasteiger partial charge in [-0.2, -0.15) is 0 Å². The molecular weight excluding hydrogens is 382 g/mol. The van der Waals surface area contributed by atoms with Gasteiger partial charge in [0.25, 0.3) is 0 Å². The van der Waals surface area contributed by atoms with Crippen LogP contribution in [0.15, 0.2) is 22.9 Å². The van der Waals surface area contributed by atoms with Crippen molar-refractivity contribution in [2.24, 2.45) is 5.92 Å². The normalized spacial score (nSPS) is 17.0. The molecule has 2 aliphatic rings. The van der Waals surface area contributed by atoms with Gasteiger partial charge < -0.3 is 18.9 Å². The van der Waals surface area contributed by atoms with E-state index in [1.807, 2.05) is 19.1 Å². The van der Waals surface area contributed by atoms with Crippen LogP contribution < -0.4 is 4.74 Å². The van der Waals surface area contributed by atoms with E-state index in [0.29, 0.717) is 17.1 Å². The summed E-state index contributed by atoms with van der Waals surface area (Å²) in [6.45, 7) is 2.68. The van der Waals surface area contributed by atoms with Gasteiger partial charge in [-0.1, -0.05) is 24.4 Å². The van der Waals surface area contributed by atoms with Crippen LogP contribution in [0.2, 0.25) is 0 Å². The smallest absolute Gasteiger partial charge is 0.409 e. The van der Waals surface area contributed by atoms with Gasteiger partial charge in [-0.15, -0.1) is 0 Å². The molecule has 2 fully saturated rings. The molecule has 0 N–H and O–H groups in total. The van der Waals surface area contributed by atoms with Crippen molar-refractivity contribution < 1.29 is 18.8 Å². The maximum atomic E-state index is 12.3. The molecule has 0 atom stereocenters. The molecule has 2 aliphatic carbocycles. The second-order valence-corrected chi connectivity index (χ2v) is 8.54. The van der Waals surface area contributed by atoms with Gasteiger partial charge in [0.05, 0.1) is 23.6 Å². The van der Waals surface area contributed by atoms with Crippen molar-refractivity contribution in [3.63, 3.8) is 0 Å². The van der Waals surface area contributed by atoms with Crippen LogP contribution in [0.5, 0.6) is 5.75 Å². The zero-order valence-corrected chi connectivity index (χ0v) is 17.9. The van der Waals surface area contributed by atoms with E-state index in [2.05, 4.69) is 10.1 Å². The van der Waals surface area contributed by atoms with Crippen molar-refractivity contribution in [2.75, 3.05) is 13.6 Å². The highest BCUT2D eigenvalue weighted by Gasteiger charge is 2.23. The Balaban J connectivity index is 1.35. The highest BCUT2D eigenvalue weighted by Crippen LogP contribution is 2.32. The average molecular weight is 414 g/mol. The van der Waals surface area contributed by atoms with Crippen molar-refractivity contribution in [3.8, 4) is 17.2 Å². The number of amides is 1. The van der Waals surface area contributed by atoms with Crippen LogP contribution in [0.1, 0.15) is 62.6 Å². The van der Waals surface area contributed by atoms with Crippen LogP contribution in [-0.2, 0) is 11.3 Å². The molecule has 0 bridgehead atoms. The molecule has 0 saturated heterocycles. The second kappa shape index (κ2) is 9.49. The zero-order valence-electron chi connectivity index (χ0n) is 17.9. The molecule has 7 nitrogen and oxygen atoms in total. The van der Waals surface area contributed by atoms with Gasteiger partial charge in [-0.3, -0.25) is 0 Å². The van der Waals surface area contributed by atoms with E-state index in [-0.39, 0.29) is 18.8 Å². The first kappa shape index (κ1) is 20.7. The topological polar surface area (TPSA) is 77.7 Å². The van der Waals surface area contributed by atoms with Crippen molar-refractivity contribution >= 4 is 6.09 Å². The molecule has 2 aromatic rings. The molecule has 162 valence electrons. The number of aromatic nitrogens is 2. The number of hydrogen-bond donors (Lipinski definition) is 0. The van der Waals surface area contributed by atoms with E-state index in [1.165, 1.54) is 32.1 Å². The molecule has 1 amide bonds. The number of aryl methyl sites for hydroxylation is 1. The van der Waals surface area contributed by atoms with E-state index in [0.717, 1.165) is 43.0 Å². The first-order valence-corrected chi connectivity index (χ1v) is 11.1. The molecule has 2 aromatic heterocycles. The Morgan fingerprint density at radius 1 is 1.20 bits per heavy atom. The quantitative estimate of drug-likeness (QED) is 0.597. The summed E-state index contributed by atoms with van der Waals surface area (Å²) in [5, 5.41) is 4.05. The molecule has 0 aromatic carbocycles. The minimum Gasteiger partial charge on any atom is -0.489 e. The summed E-state index contributed by atoms with van der Waals surface area (Å²) in [7, 11) is 1.78. The third kappa shape index (κ3) is 5.32. The van der Waals surface area contributed by atoms with Crippen LogP contribution in [0.3, 0.4) is 0 Å². The molecule has 4 rings (SSSR count). The number of pyridine rings is 1. The maximum absolute atomic E-state index is 12.3. The number of hydrogen-bond acceptors (Lipinski definition) is 6. The Morgan fingerprint density at radius 2 is 2.00 bits per heavy atom. The summed E-state index contributed by atoms with van der Waals surface area (Å²) in [6.07, 6.45) is 11.2. The van der Waals surface area contributed by atoms with Gasteiger partial charge in [-0.25, -0.2) is 9.78 Å². The highest BCUT2D eigenvalue weighted by molar-refractivity contribution is 5.67. The standard InChI is InChI=1S/C23H31N3O4/c1-16-20(15-28-23(27)26(2)13-12-17-8-9-17)22(30-25-16)21-11-10-19(14-24-21)29-18-6-4-3-5-7-18/h10-11,14,17-18H,3-9,12-13,15H2,1-2H3. The zero-order chi connectivity index (χ0) is 20.9. The minimum absolute atomic E-state index is 0.110. The predicted octanol–water partition coefficient (Wildman–Crippen LogP) is 5.13. The third-order valence-corrected chi connectivity index (χ3v) is 6.03. The molecule has 7 heteroatoms. The van der Waals surface area contributed by atoms with Gasteiger partial charge in [0.2, 0.25) is 0 Å². The number of carbonyl (C=O) groups is 1. The maximum Gasteiger partial charge on any atom is 0.409 e. The number of carbonyl (C=O) groups excluding carboxylic acids is 1. The van der Waals surface area contributed by atoms with Crippen molar-refractivity contribution in [2.45, 2.75) is 71.0 Å². The molecule has 0 unspecified atom stereocenters. The lowest BCUT2D eigenvalue weighted by molar-refractivity contribution is 0.104. The monoisotopic (exact) mass is 413 g/mol. The van der Waals surface area contributed by atoms with Crippen molar-refractivity contribution in [3.05, 3.63) is 29.6 Å². The summed E-state index contributed by atoms with van der Waals surface area (Å²) in [5.74, 6) is 2.08. The fraction of sp³-hybridized carbons (Fsp3) is 0.609. The van der Waals surface area contributed by atoms with Crippen LogP contribution in [0.4, 0.5) is 4.79 Å². The SMILES string of the molecule is Cc1noc(-c2ccc(OC3CCCCC3)cn2)c1COC(=O)N(C)CCC1CC1. The van der Waals surface area contributed by atoms with E-state index < -0.39 is 0 Å². The van der Waals surface area contributed by atoms with Gasteiger partial charge in [0.15, 0.2) is 5.76 Å². The molecule has 2 saturated carbocycles. The Morgan fingerprint density at radius 3 is 2.70 bits per heavy atom. The molecule has 0 aliphatic heterocycles. The molecular formula is C23H31N3O4. The minimum atomic E-state index is -0.327. The average Bonchev–Trinajstić information content (AvgIpc) is 3.53. The summed E-state index contributed by atoms with van der Waals surface area (Å²) in [5.41, 5.74) is 2.09. The van der Waals surface area contributed by atoms with E-state index in [1.54, 1.807) is 18.1 Å². The van der Waals surface area contributed by atoms with Crippen molar-refractivity contribution in [1.29, 1.82) is 0 Å². The fourth-order valence-electron chi connectivity index (χ4n) is 3.84. The number of rotatable bonds is 8. The lowest BCUT2D eigenvalue weighted by Gasteiger charge is -2.22. The lowest BCUT2D eigenvalue weighted by atomic mass is 9.98. The summed E-state index contributed by atoms with van der Waals surface area (Å²) < 4.78 is 17.0. The van der Waals surface area contributed by atoms with Gasteiger partial charge in [0, 0.05) is 13.6 Å². The number of nitrogens with zero attached hydrogens (tertiary/aromatic N) is 3. The van der Waals surface area contributed by atoms with Gasteiger partial charge in [-0.05, 0) is 57.1 Å². The van der Waals surface area contributed by atoms with Crippen LogP contribution in [0, 0.1) is 12.8 Å². The first-order chi connectivity index (χ1) is 14.6. The van der Waals surface area contributed by atoms with E-state index in [4.69, 9.17) is 14.0 Å². The summed E-state index contributed by atoms with van der Waals surface area (Å²) >= 11 is 0. The lowest BCUT2D eigenvalue weighted by Crippen LogP contribution is -2.28. The van der Waals surface area contributed by atoms with Crippen LogP contribution >= 0.6 is 0 Å². The Labute approximate surface area is 177 Å². The van der Waals surface area contributed by atoms with Crippen LogP contribution in [-0.4, -0.2) is 40.8 Å². The molecule has 2 heterocycles. The van der Waals surface area contributed by atoms with Crippen molar-refractivity contribution in [1.82, 2.24) is 15.0 Å². The first-order valence-electron chi connectivity index (χ1n) is 11.1. The van der Waals surface area contributed by atoms with Gasteiger partial charge >= 0.3 is 6.09 Å². The van der Waals surface area contributed by atoms with E-state index >= 15 is 0 Å². The van der Waals surface area contributed by atoms with Crippen LogP contribution in [0.25, 0.3) is 11.5 Å². The highest BCUT2D eigenvalue weighted by atomic mass is 16.6. The molecule has 0 radical (unpaired) electrons. The Kier molecular flexibility index (Phi) is 6.55. The number of ether oxygens (including phenoxy) is 2. The summed E-state index contributed by atoms with van der Waals surface area (Å²) in [4.78, 5) is 18.4. The Bertz CT molecular complexity index is 839. The third-order valence-electron chi connectivity index (χ3n) is 6.03. The molecule has 0 spiro atoms. The molecule has 30 heavy (non-hydrogen) atoms.